The molecule has 0 fully saturated rings. The normalized spacial score (nSPS) is 12.8. The van der Waals surface area contributed by atoms with Crippen molar-refractivity contribution in [2.24, 2.45) is 0 Å². The minimum absolute atomic E-state index is 0.0513. The summed E-state index contributed by atoms with van der Waals surface area (Å²) in [5.74, 6) is -0.451. The molecule has 0 aliphatic heterocycles. The van der Waals surface area contributed by atoms with Crippen molar-refractivity contribution < 1.29 is 18.0 Å². The summed E-state index contributed by atoms with van der Waals surface area (Å²) >= 11 is 9.61. The molecule has 7 nitrogen and oxygen atoms in total. The molecule has 0 spiro atoms. The van der Waals surface area contributed by atoms with Gasteiger partial charge in [0.25, 0.3) is 0 Å². The van der Waals surface area contributed by atoms with E-state index in [2.05, 4.69) is 21.2 Å². The van der Waals surface area contributed by atoms with E-state index in [1.165, 1.54) is 4.31 Å². The van der Waals surface area contributed by atoms with Crippen LogP contribution in [-0.4, -0.2) is 50.0 Å². The van der Waals surface area contributed by atoms with Gasteiger partial charge in [0.05, 0.1) is 11.9 Å². The van der Waals surface area contributed by atoms with E-state index in [1.54, 1.807) is 29.2 Å². The predicted molar refractivity (Wildman–Crippen MR) is 169 cm³/mol. The minimum Gasteiger partial charge on any atom is -0.352 e. The lowest BCUT2D eigenvalue weighted by Gasteiger charge is -2.32. The number of carbonyl (C=O) groups is 2. The second-order valence-electron chi connectivity index (χ2n) is 10.1. The first-order valence-corrected chi connectivity index (χ1v) is 16.6. The monoisotopic (exact) mass is 661 g/mol. The van der Waals surface area contributed by atoms with Crippen LogP contribution in [0.2, 0.25) is 5.02 Å². The van der Waals surface area contributed by atoms with Gasteiger partial charge in [0.15, 0.2) is 0 Å². The van der Waals surface area contributed by atoms with Crippen LogP contribution >= 0.6 is 27.5 Å². The highest BCUT2D eigenvalue weighted by Crippen LogP contribution is 2.23. The third-order valence-electron chi connectivity index (χ3n) is 6.76. The fraction of sp³-hybridized carbons (Fsp3) is 0.355. The first-order valence-electron chi connectivity index (χ1n) is 13.6. The Morgan fingerprint density at radius 3 is 2.29 bits per heavy atom. The Kier molecular flexibility index (Phi) is 12.2. The topological polar surface area (TPSA) is 86.8 Å². The number of hydrogen-bond donors (Lipinski definition) is 1. The summed E-state index contributed by atoms with van der Waals surface area (Å²) in [7, 11) is -3.61. The van der Waals surface area contributed by atoms with Crippen molar-refractivity contribution in [1.82, 2.24) is 10.2 Å². The van der Waals surface area contributed by atoms with Crippen molar-refractivity contribution in [3.63, 3.8) is 0 Å². The Morgan fingerprint density at radius 1 is 0.976 bits per heavy atom. The molecule has 41 heavy (non-hydrogen) atoms. The van der Waals surface area contributed by atoms with Gasteiger partial charge in [0, 0.05) is 41.5 Å². The van der Waals surface area contributed by atoms with Crippen molar-refractivity contribution in [3.05, 3.63) is 99.5 Å². The Bertz CT molecular complexity index is 1420. The van der Waals surface area contributed by atoms with Gasteiger partial charge in [-0.15, -0.1) is 0 Å². The zero-order chi connectivity index (χ0) is 30.0. The summed E-state index contributed by atoms with van der Waals surface area (Å²) in [6, 6.07) is 23.1. The van der Waals surface area contributed by atoms with Crippen LogP contribution in [0.25, 0.3) is 0 Å². The quantitative estimate of drug-likeness (QED) is 0.223. The smallest absolute Gasteiger partial charge is 0.243 e. The molecule has 2 unspecified atom stereocenters. The standard InChI is InChI=1S/C31H37BrClN3O4S/c1-4-23(2)34-31(38)29(20-24-11-6-5-7-12-24)35(22-25-13-8-14-26(32)19-25)30(37)17-10-18-36(41(3,39)40)28-16-9-15-27(33)21-28/h5-9,11-16,19,21,23,29H,4,10,17-18,20,22H2,1-3H3,(H,34,38). The maximum Gasteiger partial charge on any atom is 0.243 e. The number of sulfonamides is 1. The highest BCUT2D eigenvalue weighted by molar-refractivity contribution is 9.10. The molecule has 0 aliphatic carbocycles. The second-order valence-corrected chi connectivity index (χ2v) is 13.4. The highest BCUT2D eigenvalue weighted by Gasteiger charge is 2.31. The van der Waals surface area contributed by atoms with Gasteiger partial charge in [0.2, 0.25) is 21.8 Å². The molecule has 2 amide bonds. The van der Waals surface area contributed by atoms with Crippen LogP contribution in [0.3, 0.4) is 0 Å². The molecule has 0 aliphatic rings. The zero-order valence-electron chi connectivity index (χ0n) is 23.6. The Balaban J connectivity index is 1.89. The molecule has 0 saturated carbocycles. The summed E-state index contributed by atoms with van der Waals surface area (Å²) in [6.45, 7) is 4.26. The van der Waals surface area contributed by atoms with Crippen LogP contribution in [0, 0.1) is 0 Å². The van der Waals surface area contributed by atoms with Gasteiger partial charge in [-0.2, -0.15) is 0 Å². The number of halogens is 2. The Morgan fingerprint density at radius 2 is 1.66 bits per heavy atom. The molecule has 1 N–H and O–H groups in total. The number of benzene rings is 3. The van der Waals surface area contributed by atoms with E-state index in [0.717, 1.165) is 28.3 Å². The zero-order valence-corrected chi connectivity index (χ0v) is 26.8. The summed E-state index contributed by atoms with van der Waals surface area (Å²) in [6.07, 6.45) is 2.56. The lowest BCUT2D eigenvalue weighted by Crippen LogP contribution is -2.52. The van der Waals surface area contributed by atoms with Crippen LogP contribution < -0.4 is 9.62 Å². The minimum atomic E-state index is -3.61. The van der Waals surface area contributed by atoms with Gasteiger partial charge >= 0.3 is 0 Å². The molecule has 3 aromatic rings. The number of anilines is 1. The van der Waals surface area contributed by atoms with E-state index in [-0.39, 0.29) is 43.8 Å². The average Bonchev–Trinajstić information content (AvgIpc) is 2.92. The maximum atomic E-state index is 13.9. The van der Waals surface area contributed by atoms with Crippen molar-refractivity contribution in [2.75, 3.05) is 17.1 Å². The molecule has 3 rings (SSSR count). The molecule has 0 bridgehead atoms. The lowest BCUT2D eigenvalue weighted by molar-refractivity contribution is -0.141. The fourth-order valence-electron chi connectivity index (χ4n) is 4.46. The molecule has 0 radical (unpaired) electrons. The van der Waals surface area contributed by atoms with E-state index >= 15 is 0 Å². The van der Waals surface area contributed by atoms with Gasteiger partial charge in [-0.05, 0) is 61.2 Å². The summed E-state index contributed by atoms with van der Waals surface area (Å²) in [5, 5.41) is 3.48. The maximum absolute atomic E-state index is 13.9. The van der Waals surface area contributed by atoms with Gasteiger partial charge in [-0.3, -0.25) is 13.9 Å². The Hall–Kier alpha value is -2.88. The lowest BCUT2D eigenvalue weighted by atomic mass is 10.0. The van der Waals surface area contributed by atoms with Crippen molar-refractivity contribution >= 4 is 55.1 Å². The highest BCUT2D eigenvalue weighted by atomic mass is 79.9. The summed E-state index contributed by atoms with van der Waals surface area (Å²) in [5.41, 5.74) is 2.25. The molecule has 2 atom stereocenters. The van der Waals surface area contributed by atoms with Gasteiger partial charge in [-0.25, -0.2) is 8.42 Å². The van der Waals surface area contributed by atoms with E-state index < -0.39 is 16.1 Å². The number of nitrogens with one attached hydrogen (secondary N) is 1. The van der Waals surface area contributed by atoms with Crippen LogP contribution in [0.4, 0.5) is 5.69 Å². The van der Waals surface area contributed by atoms with Crippen LogP contribution in [-0.2, 0) is 32.6 Å². The number of nitrogens with zero attached hydrogens (tertiary/aromatic N) is 2. The Labute approximate surface area is 257 Å². The summed E-state index contributed by atoms with van der Waals surface area (Å²) < 4.78 is 27.3. The van der Waals surface area contributed by atoms with E-state index in [9.17, 15) is 18.0 Å². The molecule has 0 aromatic heterocycles. The van der Waals surface area contributed by atoms with Crippen molar-refractivity contribution in [3.8, 4) is 0 Å². The average molecular weight is 663 g/mol. The van der Waals surface area contributed by atoms with E-state index in [4.69, 9.17) is 11.6 Å². The van der Waals surface area contributed by atoms with Crippen molar-refractivity contribution in [1.29, 1.82) is 0 Å². The molecular weight excluding hydrogens is 626 g/mol. The first-order chi connectivity index (χ1) is 19.5. The predicted octanol–water partition coefficient (Wildman–Crippen LogP) is 6.20. The third-order valence-corrected chi connectivity index (χ3v) is 8.68. The van der Waals surface area contributed by atoms with Crippen LogP contribution in [0.1, 0.15) is 44.2 Å². The summed E-state index contributed by atoms with van der Waals surface area (Å²) in [4.78, 5) is 29.1. The molecule has 220 valence electrons. The fourth-order valence-corrected chi connectivity index (χ4v) is 6.05. The van der Waals surface area contributed by atoms with Crippen LogP contribution in [0.15, 0.2) is 83.3 Å². The van der Waals surface area contributed by atoms with E-state index in [0.29, 0.717) is 17.1 Å². The number of carbonyl (C=O) groups excluding carboxylic acids is 2. The SMILES string of the molecule is CCC(C)NC(=O)C(Cc1ccccc1)N(Cc1cccc(Br)c1)C(=O)CCCN(c1cccc(Cl)c1)S(C)(=O)=O. The third kappa shape index (κ3) is 10.2. The van der Waals surface area contributed by atoms with Crippen LogP contribution in [0.5, 0.6) is 0 Å². The number of rotatable bonds is 14. The van der Waals surface area contributed by atoms with Gasteiger partial charge in [0.1, 0.15) is 6.04 Å². The molecule has 0 saturated heterocycles. The number of amides is 2. The molecule has 10 heteroatoms. The molecule has 0 heterocycles. The second kappa shape index (κ2) is 15.4. The van der Waals surface area contributed by atoms with Crippen molar-refractivity contribution in [2.45, 2.75) is 58.2 Å². The first kappa shape index (κ1) is 32.6. The molecule has 3 aromatic carbocycles. The van der Waals surface area contributed by atoms with Gasteiger partial charge in [-0.1, -0.05) is 83.0 Å². The number of hydrogen-bond acceptors (Lipinski definition) is 4. The van der Waals surface area contributed by atoms with Gasteiger partial charge < -0.3 is 10.2 Å². The van der Waals surface area contributed by atoms with E-state index in [1.807, 2.05) is 68.4 Å². The largest absolute Gasteiger partial charge is 0.352 e. The molecular formula is C31H37BrClN3O4S.